The van der Waals surface area contributed by atoms with Crippen molar-refractivity contribution in [1.29, 1.82) is 0 Å². The third-order valence-corrected chi connectivity index (χ3v) is 0.693. The number of ether oxygens (including phenoxy) is 1. The molecule has 0 aromatic heterocycles. The van der Waals surface area contributed by atoms with Crippen LogP contribution in [0.2, 0.25) is 0 Å². The van der Waals surface area contributed by atoms with Crippen molar-refractivity contribution in [2.24, 2.45) is 0 Å². The first-order chi connectivity index (χ1) is 5.77. The molecule has 84 valence electrons. The van der Waals surface area contributed by atoms with Crippen molar-refractivity contribution in [1.82, 2.24) is 0 Å². The van der Waals surface area contributed by atoms with E-state index in [-0.39, 0.29) is 33.9 Å². The fraction of sp³-hybridized carbons (Fsp3) is 0.889. The van der Waals surface area contributed by atoms with Gasteiger partial charge in [-0.15, -0.1) is 0 Å². The van der Waals surface area contributed by atoms with E-state index in [1.807, 2.05) is 0 Å². The fourth-order valence-corrected chi connectivity index (χ4v) is 0.331. The number of carbonyl (C=O) groups excluding carboxylic acids is 1. The maximum Gasteiger partial charge on any atom is 0.334 e. The Morgan fingerprint density at radius 1 is 1.07 bits per heavy atom. The van der Waals surface area contributed by atoms with Gasteiger partial charge >= 0.3 is 5.97 Å². The molecule has 0 saturated carbocycles. The molecule has 5 heteroatoms. The van der Waals surface area contributed by atoms with Gasteiger partial charge in [0.25, 0.3) is 0 Å². The van der Waals surface area contributed by atoms with Gasteiger partial charge in [-0.1, -0.05) is 0 Å². The van der Waals surface area contributed by atoms with Crippen molar-refractivity contribution in [3.8, 4) is 0 Å². The maximum absolute atomic E-state index is 10.5. The van der Waals surface area contributed by atoms with E-state index >= 15 is 0 Å². The number of aliphatic hydroxyl groups excluding tert-OH is 2. The van der Waals surface area contributed by atoms with Gasteiger partial charge in [-0.2, -0.15) is 0 Å². The summed E-state index contributed by atoms with van der Waals surface area (Å²) in [6, 6.07) is 0. The minimum Gasteiger partial charge on any atom is -0.461 e. The van der Waals surface area contributed by atoms with E-state index in [9.17, 15) is 4.79 Å². The molecule has 4 nitrogen and oxygen atoms in total. The van der Waals surface area contributed by atoms with Gasteiger partial charge in [-0.25, -0.2) is 4.79 Å². The van der Waals surface area contributed by atoms with E-state index in [0.29, 0.717) is 0 Å². The van der Waals surface area contributed by atoms with Gasteiger partial charge in [0, 0.05) is 27.8 Å². The number of carbonyl (C=O) groups is 1. The number of esters is 1. The van der Waals surface area contributed by atoms with Gasteiger partial charge in [0.05, 0.1) is 6.10 Å². The molecule has 0 fully saturated rings. The molecular formula is C9H20O4Ti. The quantitative estimate of drug-likeness (QED) is 0.550. The van der Waals surface area contributed by atoms with Crippen LogP contribution in [0.3, 0.4) is 0 Å². The summed E-state index contributed by atoms with van der Waals surface area (Å²) in [5.41, 5.74) is 0. The average Bonchev–Trinajstić information content (AvgIpc) is 1.83. The molecule has 0 aliphatic heterocycles. The minimum absolute atomic E-state index is 0. The molecule has 1 atom stereocenters. The summed E-state index contributed by atoms with van der Waals surface area (Å²) in [5, 5.41) is 16.7. The molecule has 0 radical (unpaired) electrons. The van der Waals surface area contributed by atoms with Crippen LogP contribution < -0.4 is 0 Å². The molecule has 14 heavy (non-hydrogen) atoms. The summed E-state index contributed by atoms with van der Waals surface area (Å²) in [6.07, 6.45) is -1.32. The first-order valence-electron chi connectivity index (χ1n) is 4.34. The van der Waals surface area contributed by atoms with E-state index in [0.717, 1.165) is 0 Å². The number of rotatable bonds is 2. The summed E-state index contributed by atoms with van der Waals surface area (Å²) in [5.74, 6) is -0.565. The van der Waals surface area contributed by atoms with Crippen molar-refractivity contribution in [2.45, 2.75) is 52.9 Å². The SMILES string of the molecule is CC(C)O.CC(C)OC(=O)C(C)O.[Ti]. The summed E-state index contributed by atoms with van der Waals surface area (Å²) in [4.78, 5) is 10.5. The van der Waals surface area contributed by atoms with Gasteiger partial charge in [0.15, 0.2) is 0 Å². The molecule has 0 aliphatic carbocycles. The van der Waals surface area contributed by atoms with Crippen LogP contribution in [0.25, 0.3) is 0 Å². The van der Waals surface area contributed by atoms with E-state index in [2.05, 4.69) is 4.74 Å². The van der Waals surface area contributed by atoms with E-state index in [4.69, 9.17) is 10.2 Å². The van der Waals surface area contributed by atoms with Gasteiger partial charge in [0.1, 0.15) is 6.10 Å². The Balaban J connectivity index is -0.000000209. The molecule has 0 heterocycles. The molecule has 1 unspecified atom stereocenters. The third kappa shape index (κ3) is 22.7. The first kappa shape index (κ1) is 19.6. The van der Waals surface area contributed by atoms with Crippen LogP contribution in [-0.2, 0) is 31.2 Å². The predicted molar refractivity (Wildman–Crippen MR) is 50.3 cm³/mol. The zero-order valence-corrected chi connectivity index (χ0v) is 11.0. The molecule has 0 aliphatic rings. The molecule has 0 spiro atoms. The largest absolute Gasteiger partial charge is 0.461 e. The Labute approximate surface area is 101 Å². The Hall–Kier alpha value is 0.104. The molecule has 0 saturated heterocycles. The van der Waals surface area contributed by atoms with Gasteiger partial charge in [-0.05, 0) is 34.6 Å². The summed E-state index contributed by atoms with van der Waals surface area (Å²) < 4.78 is 4.62. The average molecular weight is 240 g/mol. The summed E-state index contributed by atoms with van der Waals surface area (Å²) in [6.45, 7) is 8.30. The topological polar surface area (TPSA) is 66.8 Å². The van der Waals surface area contributed by atoms with Crippen molar-refractivity contribution < 1.29 is 41.5 Å². The van der Waals surface area contributed by atoms with Gasteiger partial charge < -0.3 is 14.9 Å². The second-order valence-electron chi connectivity index (χ2n) is 3.26. The van der Waals surface area contributed by atoms with Crippen molar-refractivity contribution in [3.63, 3.8) is 0 Å². The fourth-order valence-electron chi connectivity index (χ4n) is 0.331. The van der Waals surface area contributed by atoms with E-state index in [1.54, 1.807) is 27.7 Å². The van der Waals surface area contributed by atoms with Crippen LogP contribution in [0.15, 0.2) is 0 Å². The molecule has 0 rings (SSSR count). The Morgan fingerprint density at radius 2 is 1.36 bits per heavy atom. The molecule has 0 aromatic carbocycles. The zero-order valence-electron chi connectivity index (χ0n) is 9.44. The van der Waals surface area contributed by atoms with Crippen molar-refractivity contribution in [2.75, 3.05) is 0 Å². The van der Waals surface area contributed by atoms with Crippen LogP contribution in [0.1, 0.15) is 34.6 Å². The second-order valence-corrected chi connectivity index (χ2v) is 3.26. The first-order valence-corrected chi connectivity index (χ1v) is 4.34. The van der Waals surface area contributed by atoms with Crippen LogP contribution in [0, 0.1) is 0 Å². The molecule has 0 amide bonds. The standard InChI is InChI=1S/C6H12O3.C3H8O.Ti/c1-4(2)9-6(8)5(3)7;1-3(2)4;/h4-5,7H,1-3H3;3-4H,1-2H3;. The summed E-state index contributed by atoms with van der Waals surface area (Å²) in [7, 11) is 0. The van der Waals surface area contributed by atoms with Crippen LogP contribution in [-0.4, -0.2) is 34.5 Å². The van der Waals surface area contributed by atoms with Gasteiger partial charge in [0.2, 0.25) is 0 Å². The van der Waals surface area contributed by atoms with Crippen LogP contribution in [0.5, 0.6) is 0 Å². The van der Waals surface area contributed by atoms with Gasteiger partial charge in [-0.3, -0.25) is 0 Å². The normalized spacial score (nSPS) is 11.2. The summed E-state index contributed by atoms with van der Waals surface area (Å²) >= 11 is 0. The minimum atomic E-state index is -1.01. The van der Waals surface area contributed by atoms with Crippen LogP contribution >= 0.6 is 0 Å². The number of hydrogen-bond acceptors (Lipinski definition) is 4. The Morgan fingerprint density at radius 3 is 1.43 bits per heavy atom. The number of aliphatic hydroxyl groups is 2. The molecule has 0 aromatic rings. The smallest absolute Gasteiger partial charge is 0.334 e. The van der Waals surface area contributed by atoms with Crippen LogP contribution in [0.4, 0.5) is 0 Å². The second kappa shape index (κ2) is 11.2. The van der Waals surface area contributed by atoms with E-state index < -0.39 is 12.1 Å². The molecule has 2 N–H and O–H groups in total. The predicted octanol–water partition coefficient (Wildman–Crippen LogP) is 0.703. The number of hydrogen-bond donors (Lipinski definition) is 2. The molecule has 0 bridgehead atoms. The van der Waals surface area contributed by atoms with E-state index in [1.165, 1.54) is 6.92 Å². The van der Waals surface area contributed by atoms with Crippen molar-refractivity contribution >= 4 is 5.97 Å². The monoisotopic (exact) mass is 240 g/mol. The third-order valence-electron chi connectivity index (χ3n) is 0.693. The zero-order chi connectivity index (χ0) is 11.0. The Bertz CT molecular complexity index is 132. The van der Waals surface area contributed by atoms with Crippen molar-refractivity contribution in [3.05, 3.63) is 0 Å². The maximum atomic E-state index is 10.5. The Kier molecular flexibility index (Phi) is 15.7. The molecular weight excluding hydrogens is 220 g/mol.